The summed E-state index contributed by atoms with van der Waals surface area (Å²) < 4.78 is 0. The lowest BCUT2D eigenvalue weighted by atomic mass is 10.1. The third kappa shape index (κ3) is 3.11. The van der Waals surface area contributed by atoms with Crippen molar-refractivity contribution in [2.75, 3.05) is 39.3 Å². The summed E-state index contributed by atoms with van der Waals surface area (Å²) in [6.07, 6.45) is 7.74. The highest BCUT2D eigenvalue weighted by molar-refractivity contribution is 5.79. The molecule has 108 valence electrons. The smallest absolute Gasteiger partial charge is 0.227 e. The Morgan fingerprint density at radius 2 is 1.79 bits per heavy atom. The van der Waals surface area contributed by atoms with Crippen molar-refractivity contribution in [1.82, 2.24) is 15.1 Å². The van der Waals surface area contributed by atoms with Gasteiger partial charge >= 0.3 is 0 Å². The lowest BCUT2D eigenvalue weighted by Gasteiger charge is -2.27. The van der Waals surface area contributed by atoms with Gasteiger partial charge in [-0.25, -0.2) is 0 Å². The molecule has 1 amide bonds. The molecule has 0 radical (unpaired) electrons. The van der Waals surface area contributed by atoms with Gasteiger partial charge in [0, 0.05) is 38.8 Å². The fraction of sp³-hybridized carbons (Fsp3) is 0.933. The Morgan fingerprint density at radius 1 is 0.947 bits per heavy atom. The van der Waals surface area contributed by atoms with Gasteiger partial charge in [-0.15, -0.1) is 0 Å². The van der Waals surface area contributed by atoms with Crippen molar-refractivity contribution in [3.05, 3.63) is 0 Å². The SMILES string of the molecule is O=C(C1CCNC1)N1CCCN(C2CCCC2)CC1. The molecule has 1 atom stereocenters. The molecule has 2 saturated heterocycles. The molecule has 4 nitrogen and oxygen atoms in total. The van der Waals surface area contributed by atoms with Crippen LogP contribution >= 0.6 is 0 Å². The van der Waals surface area contributed by atoms with Crippen LogP contribution in [0.15, 0.2) is 0 Å². The van der Waals surface area contributed by atoms with Crippen LogP contribution < -0.4 is 5.32 Å². The van der Waals surface area contributed by atoms with Crippen LogP contribution in [0.2, 0.25) is 0 Å². The topological polar surface area (TPSA) is 35.6 Å². The van der Waals surface area contributed by atoms with Gasteiger partial charge in [0.15, 0.2) is 0 Å². The highest BCUT2D eigenvalue weighted by Gasteiger charge is 2.30. The maximum atomic E-state index is 12.4. The zero-order chi connectivity index (χ0) is 13.1. The van der Waals surface area contributed by atoms with E-state index in [1.165, 1.54) is 32.2 Å². The number of amides is 1. The molecule has 0 aromatic rings. The molecule has 19 heavy (non-hydrogen) atoms. The Kier molecular flexibility index (Phi) is 4.38. The van der Waals surface area contributed by atoms with Crippen molar-refractivity contribution in [3.8, 4) is 0 Å². The van der Waals surface area contributed by atoms with Gasteiger partial charge < -0.3 is 10.2 Å². The van der Waals surface area contributed by atoms with Crippen molar-refractivity contribution >= 4 is 5.91 Å². The van der Waals surface area contributed by atoms with Gasteiger partial charge in [-0.2, -0.15) is 0 Å². The molecule has 3 fully saturated rings. The van der Waals surface area contributed by atoms with Crippen LogP contribution in [-0.4, -0.2) is 61.0 Å². The van der Waals surface area contributed by atoms with E-state index in [4.69, 9.17) is 0 Å². The second-order valence-corrected chi connectivity index (χ2v) is 6.34. The first-order valence-corrected chi connectivity index (χ1v) is 8.08. The van der Waals surface area contributed by atoms with Crippen molar-refractivity contribution in [1.29, 1.82) is 0 Å². The van der Waals surface area contributed by atoms with E-state index >= 15 is 0 Å². The molecule has 1 unspecified atom stereocenters. The summed E-state index contributed by atoms with van der Waals surface area (Å²) in [4.78, 5) is 17.2. The molecule has 3 rings (SSSR count). The van der Waals surface area contributed by atoms with Crippen molar-refractivity contribution < 1.29 is 4.79 Å². The Labute approximate surface area is 116 Å². The first-order valence-electron chi connectivity index (χ1n) is 8.08. The average Bonchev–Trinajstić information content (AvgIpc) is 3.08. The largest absolute Gasteiger partial charge is 0.341 e. The first kappa shape index (κ1) is 13.4. The molecule has 0 aromatic carbocycles. The molecule has 4 heteroatoms. The molecule has 1 saturated carbocycles. The minimum Gasteiger partial charge on any atom is -0.341 e. The molecular weight excluding hydrogens is 238 g/mol. The van der Waals surface area contributed by atoms with Crippen LogP contribution in [0.4, 0.5) is 0 Å². The summed E-state index contributed by atoms with van der Waals surface area (Å²) in [6, 6.07) is 0.809. The Morgan fingerprint density at radius 3 is 2.53 bits per heavy atom. The van der Waals surface area contributed by atoms with E-state index in [-0.39, 0.29) is 5.92 Å². The number of nitrogens with one attached hydrogen (secondary N) is 1. The molecule has 0 spiro atoms. The predicted octanol–water partition coefficient (Wildman–Crippen LogP) is 1.07. The molecule has 3 aliphatic rings. The van der Waals surface area contributed by atoms with Gasteiger partial charge in [0.25, 0.3) is 0 Å². The second-order valence-electron chi connectivity index (χ2n) is 6.34. The number of nitrogens with zero attached hydrogens (tertiary/aromatic N) is 2. The maximum Gasteiger partial charge on any atom is 0.227 e. The van der Waals surface area contributed by atoms with E-state index < -0.39 is 0 Å². The molecule has 1 aliphatic carbocycles. The van der Waals surface area contributed by atoms with Crippen molar-refractivity contribution in [2.45, 2.75) is 44.6 Å². The highest BCUT2D eigenvalue weighted by atomic mass is 16.2. The highest BCUT2D eigenvalue weighted by Crippen LogP contribution is 2.24. The van der Waals surface area contributed by atoms with E-state index in [2.05, 4.69) is 15.1 Å². The average molecular weight is 265 g/mol. The van der Waals surface area contributed by atoms with Gasteiger partial charge in [0.2, 0.25) is 5.91 Å². The predicted molar refractivity (Wildman–Crippen MR) is 76.0 cm³/mol. The Bertz CT molecular complexity index is 309. The van der Waals surface area contributed by atoms with Gasteiger partial charge in [-0.05, 0) is 32.2 Å². The fourth-order valence-corrected chi connectivity index (χ4v) is 3.92. The van der Waals surface area contributed by atoms with E-state index in [1.54, 1.807) is 0 Å². The zero-order valence-electron chi connectivity index (χ0n) is 11.9. The van der Waals surface area contributed by atoms with Crippen LogP contribution in [-0.2, 0) is 4.79 Å². The lowest BCUT2D eigenvalue weighted by Crippen LogP contribution is -2.41. The summed E-state index contributed by atoms with van der Waals surface area (Å²) in [5.74, 6) is 0.649. The minimum absolute atomic E-state index is 0.248. The number of rotatable bonds is 2. The molecule has 2 aliphatic heterocycles. The van der Waals surface area contributed by atoms with E-state index in [0.29, 0.717) is 5.91 Å². The van der Waals surface area contributed by atoms with Gasteiger partial charge in [0.1, 0.15) is 0 Å². The van der Waals surface area contributed by atoms with Crippen LogP contribution in [0.3, 0.4) is 0 Å². The maximum absolute atomic E-state index is 12.4. The van der Waals surface area contributed by atoms with Crippen LogP contribution in [0.5, 0.6) is 0 Å². The lowest BCUT2D eigenvalue weighted by molar-refractivity contribution is -0.134. The van der Waals surface area contributed by atoms with Crippen LogP contribution in [0.1, 0.15) is 38.5 Å². The quantitative estimate of drug-likeness (QED) is 0.811. The monoisotopic (exact) mass is 265 g/mol. The minimum atomic E-state index is 0.248. The van der Waals surface area contributed by atoms with Gasteiger partial charge in [-0.3, -0.25) is 9.69 Å². The summed E-state index contributed by atoms with van der Waals surface area (Å²) in [7, 11) is 0. The number of hydrogen-bond donors (Lipinski definition) is 1. The molecule has 0 aromatic heterocycles. The molecule has 1 N–H and O–H groups in total. The van der Waals surface area contributed by atoms with E-state index in [1.807, 2.05) is 0 Å². The standard InChI is InChI=1S/C15H27N3O/c19-15(13-6-7-16-12-13)18-9-3-8-17(10-11-18)14-4-1-2-5-14/h13-14,16H,1-12H2. The summed E-state index contributed by atoms with van der Waals surface area (Å²) in [5, 5.41) is 3.30. The molecule has 0 bridgehead atoms. The molecular formula is C15H27N3O. The van der Waals surface area contributed by atoms with E-state index in [0.717, 1.165) is 51.6 Å². The number of carbonyl (C=O) groups is 1. The van der Waals surface area contributed by atoms with Crippen LogP contribution in [0.25, 0.3) is 0 Å². The fourth-order valence-electron chi connectivity index (χ4n) is 3.92. The van der Waals surface area contributed by atoms with Gasteiger partial charge in [-0.1, -0.05) is 12.8 Å². The van der Waals surface area contributed by atoms with Gasteiger partial charge in [0.05, 0.1) is 5.92 Å². The van der Waals surface area contributed by atoms with Crippen molar-refractivity contribution in [3.63, 3.8) is 0 Å². The molecule has 2 heterocycles. The Balaban J connectivity index is 1.53. The summed E-state index contributed by atoms with van der Waals surface area (Å²) in [5.41, 5.74) is 0. The van der Waals surface area contributed by atoms with Crippen LogP contribution in [0, 0.1) is 5.92 Å². The van der Waals surface area contributed by atoms with Crippen molar-refractivity contribution in [2.24, 2.45) is 5.92 Å². The first-order chi connectivity index (χ1) is 9.34. The normalized spacial score (nSPS) is 30.7. The van der Waals surface area contributed by atoms with E-state index in [9.17, 15) is 4.79 Å². The second kappa shape index (κ2) is 6.23. The third-order valence-electron chi connectivity index (χ3n) is 5.09. The third-order valence-corrected chi connectivity index (χ3v) is 5.09. The Hall–Kier alpha value is -0.610. The number of hydrogen-bond acceptors (Lipinski definition) is 3. The number of carbonyl (C=O) groups excluding carboxylic acids is 1. The zero-order valence-corrected chi connectivity index (χ0v) is 11.9. The summed E-state index contributed by atoms with van der Waals surface area (Å²) >= 11 is 0. The summed E-state index contributed by atoms with van der Waals surface area (Å²) in [6.45, 7) is 6.11.